The van der Waals surface area contributed by atoms with Gasteiger partial charge in [-0.25, -0.2) is 9.59 Å². The van der Waals surface area contributed by atoms with Gasteiger partial charge >= 0.3 is 11.9 Å². The van der Waals surface area contributed by atoms with E-state index in [1.54, 1.807) is 0 Å². The largest absolute Gasteiger partial charge is 0.473 e. The van der Waals surface area contributed by atoms with Crippen molar-refractivity contribution in [2.24, 2.45) is 0 Å². The van der Waals surface area contributed by atoms with Crippen LogP contribution in [0.5, 0.6) is 0 Å². The second kappa shape index (κ2) is 10.3. The maximum atomic E-state index is 9.10. The van der Waals surface area contributed by atoms with Crippen molar-refractivity contribution in [3.05, 3.63) is 36.5 Å². The van der Waals surface area contributed by atoms with Crippen LogP contribution >= 0.6 is 0 Å². The Kier molecular flexibility index (Phi) is 7.75. The standard InChI is InChI=1S/C16H22N4.C2H2O4/c1-2-7-11-19(10-6-1)12-13-20-17-14-16(18-20)15-8-4-3-5-9-15;3-1(4)2(5)6/h3-5,8-9,14H,1-2,6-7,10-13H2;(H,3,4)(H,5,6). The van der Waals surface area contributed by atoms with Gasteiger partial charge in [-0.15, -0.1) is 0 Å². The van der Waals surface area contributed by atoms with E-state index in [1.807, 2.05) is 29.2 Å². The monoisotopic (exact) mass is 360 g/mol. The van der Waals surface area contributed by atoms with Gasteiger partial charge in [-0.3, -0.25) is 0 Å². The highest BCUT2D eigenvalue weighted by atomic mass is 16.4. The third-order valence-electron chi connectivity index (χ3n) is 4.10. The van der Waals surface area contributed by atoms with Crippen molar-refractivity contribution < 1.29 is 19.8 Å². The van der Waals surface area contributed by atoms with Crippen LogP contribution in [-0.2, 0) is 16.1 Å². The Morgan fingerprint density at radius 3 is 2.12 bits per heavy atom. The molecular weight excluding hydrogens is 336 g/mol. The molecule has 3 rings (SSSR count). The first kappa shape index (κ1) is 19.6. The van der Waals surface area contributed by atoms with Gasteiger partial charge in [0.2, 0.25) is 0 Å². The van der Waals surface area contributed by atoms with E-state index in [9.17, 15) is 0 Å². The molecule has 1 fully saturated rings. The fourth-order valence-corrected chi connectivity index (χ4v) is 2.74. The summed E-state index contributed by atoms with van der Waals surface area (Å²) in [6.07, 6.45) is 7.30. The van der Waals surface area contributed by atoms with Gasteiger partial charge in [0.15, 0.2) is 0 Å². The summed E-state index contributed by atoms with van der Waals surface area (Å²) in [7, 11) is 0. The van der Waals surface area contributed by atoms with Gasteiger partial charge in [0.05, 0.1) is 12.7 Å². The second-order valence-electron chi connectivity index (χ2n) is 6.06. The van der Waals surface area contributed by atoms with Crippen molar-refractivity contribution in [3.63, 3.8) is 0 Å². The fourth-order valence-electron chi connectivity index (χ4n) is 2.74. The Hall–Kier alpha value is -2.74. The molecule has 1 aromatic carbocycles. The summed E-state index contributed by atoms with van der Waals surface area (Å²) in [5.41, 5.74) is 2.09. The maximum absolute atomic E-state index is 9.10. The summed E-state index contributed by atoms with van der Waals surface area (Å²) in [5.74, 6) is -3.65. The normalized spacial score (nSPS) is 14.8. The topological polar surface area (TPSA) is 109 Å². The highest BCUT2D eigenvalue weighted by Gasteiger charge is 2.09. The highest BCUT2D eigenvalue weighted by molar-refractivity contribution is 6.27. The molecule has 1 aromatic heterocycles. The van der Waals surface area contributed by atoms with Gasteiger partial charge in [-0.05, 0) is 25.9 Å². The molecule has 0 amide bonds. The Morgan fingerprint density at radius 1 is 0.923 bits per heavy atom. The number of carboxylic acids is 2. The summed E-state index contributed by atoms with van der Waals surface area (Å²) in [4.78, 5) is 22.6. The molecule has 0 spiro atoms. The lowest BCUT2D eigenvalue weighted by molar-refractivity contribution is -0.159. The Bertz CT molecular complexity index is 682. The molecular formula is C18H24N4O4. The van der Waals surface area contributed by atoms with E-state index < -0.39 is 11.9 Å². The minimum Gasteiger partial charge on any atom is -0.473 e. The van der Waals surface area contributed by atoms with E-state index in [0.717, 1.165) is 24.3 Å². The summed E-state index contributed by atoms with van der Waals surface area (Å²) in [6, 6.07) is 10.2. The number of carbonyl (C=O) groups is 2. The maximum Gasteiger partial charge on any atom is 0.414 e. The zero-order valence-electron chi connectivity index (χ0n) is 14.6. The molecule has 1 saturated heterocycles. The van der Waals surface area contributed by atoms with Gasteiger partial charge in [0, 0.05) is 12.1 Å². The lowest BCUT2D eigenvalue weighted by Crippen LogP contribution is -2.29. The Balaban J connectivity index is 0.000000352. The van der Waals surface area contributed by atoms with Crippen LogP contribution in [0.3, 0.4) is 0 Å². The molecule has 1 aliphatic heterocycles. The van der Waals surface area contributed by atoms with Crippen molar-refractivity contribution in [2.75, 3.05) is 19.6 Å². The van der Waals surface area contributed by atoms with Crippen LogP contribution in [0.4, 0.5) is 0 Å². The minimum atomic E-state index is -1.82. The van der Waals surface area contributed by atoms with Gasteiger partial charge in [-0.2, -0.15) is 15.0 Å². The molecule has 0 bridgehead atoms. The molecule has 0 atom stereocenters. The number of likely N-dealkylation sites (tertiary alicyclic amines) is 1. The average molecular weight is 360 g/mol. The number of hydrogen-bond acceptors (Lipinski definition) is 5. The molecule has 0 aliphatic carbocycles. The molecule has 26 heavy (non-hydrogen) atoms. The van der Waals surface area contributed by atoms with Gasteiger partial charge < -0.3 is 15.1 Å². The molecule has 140 valence electrons. The third kappa shape index (κ3) is 6.64. The summed E-state index contributed by atoms with van der Waals surface area (Å²) in [5, 5.41) is 23.7. The smallest absolute Gasteiger partial charge is 0.414 e. The van der Waals surface area contributed by atoms with Crippen molar-refractivity contribution in [3.8, 4) is 11.3 Å². The molecule has 0 unspecified atom stereocenters. The fraction of sp³-hybridized carbons (Fsp3) is 0.444. The number of benzene rings is 1. The van der Waals surface area contributed by atoms with Crippen LogP contribution in [0, 0.1) is 0 Å². The van der Waals surface area contributed by atoms with E-state index in [1.165, 1.54) is 38.8 Å². The molecule has 2 aromatic rings. The third-order valence-corrected chi connectivity index (χ3v) is 4.10. The number of carboxylic acid groups (broad SMARTS) is 2. The lowest BCUT2D eigenvalue weighted by Gasteiger charge is -2.18. The van der Waals surface area contributed by atoms with Crippen LogP contribution in [0.2, 0.25) is 0 Å². The first-order chi connectivity index (χ1) is 12.6. The van der Waals surface area contributed by atoms with Crippen LogP contribution in [0.15, 0.2) is 36.5 Å². The number of aliphatic carboxylic acids is 2. The Morgan fingerprint density at radius 2 is 1.54 bits per heavy atom. The SMILES string of the molecule is O=C(O)C(=O)O.c1ccc(-c2cnn(CCN3CCCCCC3)n2)cc1. The van der Waals surface area contributed by atoms with E-state index in [4.69, 9.17) is 19.8 Å². The molecule has 8 heteroatoms. The number of nitrogens with zero attached hydrogens (tertiary/aromatic N) is 4. The lowest BCUT2D eigenvalue weighted by atomic mass is 10.2. The van der Waals surface area contributed by atoms with Crippen molar-refractivity contribution >= 4 is 11.9 Å². The molecule has 0 radical (unpaired) electrons. The first-order valence-electron chi connectivity index (χ1n) is 8.70. The van der Waals surface area contributed by atoms with E-state index in [-0.39, 0.29) is 0 Å². The first-order valence-corrected chi connectivity index (χ1v) is 8.70. The summed E-state index contributed by atoms with van der Waals surface area (Å²) >= 11 is 0. The zero-order chi connectivity index (χ0) is 18.8. The van der Waals surface area contributed by atoms with Gasteiger partial charge in [0.1, 0.15) is 5.69 Å². The second-order valence-corrected chi connectivity index (χ2v) is 6.06. The average Bonchev–Trinajstić information content (AvgIpc) is 2.97. The van der Waals surface area contributed by atoms with Crippen LogP contribution in [-0.4, -0.2) is 61.7 Å². The highest BCUT2D eigenvalue weighted by Crippen LogP contribution is 2.14. The van der Waals surface area contributed by atoms with Crippen LogP contribution in [0.25, 0.3) is 11.3 Å². The van der Waals surface area contributed by atoms with Crippen molar-refractivity contribution in [1.82, 2.24) is 19.9 Å². The summed E-state index contributed by atoms with van der Waals surface area (Å²) in [6.45, 7) is 4.40. The molecule has 1 aliphatic rings. The van der Waals surface area contributed by atoms with E-state index in [0.29, 0.717) is 0 Å². The van der Waals surface area contributed by atoms with E-state index in [2.05, 4.69) is 27.2 Å². The predicted molar refractivity (Wildman–Crippen MR) is 95.6 cm³/mol. The van der Waals surface area contributed by atoms with E-state index >= 15 is 0 Å². The van der Waals surface area contributed by atoms with Crippen molar-refractivity contribution in [1.29, 1.82) is 0 Å². The van der Waals surface area contributed by atoms with Crippen molar-refractivity contribution in [2.45, 2.75) is 32.2 Å². The number of hydrogen-bond donors (Lipinski definition) is 2. The molecule has 2 N–H and O–H groups in total. The number of aromatic nitrogens is 3. The quantitative estimate of drug-likeness (QED) is 0.802. The molecule has 0 saturated carbocycles. The van der Waals surface area contributed by atoms with Crippen LogP contribution < -0.4 is 0 Å². The summed E-state index contributed by atoms with van der Waals surface area (Å²) < 4.78 is 0. The molecule has 8 nitrogen and oxygen atoms in total. The van der Waals surface area contributed by atoms with Crippen LogP contribution in [0.1, 0.15) is 25.7 Å². The Labute approximate surface area is 152 Å². The minimum absolute atomic E-state index is 0.882. The predicted octanol–water partition coefficient (Wildman–Crippen LogP) is 1.98. The van der Waals surface area contributed by atoms with Gasteiger partial charge in [0.25, 0.3) is 0 Å². The number of rotatable bonds is 4. The zero-order valence-corrected chi connectivity index (χ0v) is 14.6. The molecule has 2 heterocycles. The van der Waals surface area contributed by atoms with Gasteiger partial charge in [-0.1, -0.05) is 43.2 Å².